The first-order valence-corrected chi connectivity index (χ1v) is 15.1. The van der Waals surface area contributed by atoms with E-state index in [0.29, 0.717) is 0 Å². The van der Waals surface area contributed by atoms with Crippen LogP contribution in [-0.4, -0.2) is 19.9 Å². The van der Waals surface area contributed by atoms with E-state index in [2.05, 4.69) is 113 Å². The maximum absolute atomic E-state index is 5.29. The third-order valence-corrected chi connectivity index (χ3v) is 9.12. The molecule has 4 aromatic heterocycles. The first-order valence-electron chi connectivity index (χ1n) is 15.1. The standard InChI is InChI=1S/C41H26N4/c1-2-8-27(9-3-1)37-20-17-28-14-15-29-18-21-38(45-40(29)39(28)44-37)30-16-19-34-33-12-4-5-13-35(33)41(36(34)24-30,31-10-6-22-42-25-31)32-11-7-23-43-26-32/h1-26H. The first kappa shape index (κ1) is 25.5. The highest BCUT2D eigenvalue weighted by molar-refractivity contribution is 6.04. The van der Waals surface area contributed by atoms with Gasteiger partial charge in [0.15, 0.2) is 0 Å². The first-order chi connectivity index (χ1) is 22.3. The summed E-state index contributed by atoms with van der Waals surface area (Å²) in [7, 11) is 0. The number of aromatic nitrogens is 4. The fraction of sp³-hybridized carbons (Fsp3) is 0.0244. The van der Waals surface area contributed by atoms with Crippen molar-refractivity contribution < 1.29 is 0 Å². The SMILES string of the molecule is c1ccc(-c2ccc3ccc4ccc(-c5ccc6c(c5)C(c5cccnc5)(c5cccnc5)c5ccccc5-6)nc4c3n2)cc1. The van der Waals surface area contributed by atoms with Gasteiger partial charge in [-0.2, -0.15) is 0 Å². The summed E-state index contributed by atoms with van der Waals surface area (Å²) < 4.78 is 0. The molecule has 0 saturated carbocycles. The Balaban J connectivity index is 1.28. The lowest BCUT2D eigenvalue weighted by molar-refractivity contribution is 0.757. The predicted octanol–water partition coefficient (Wildman–Crippen LogP) is 9.27. The summed E-state index contributed by atoms with van der Waals surface area (Å²) in [5.74, 6) is 0. The number of rotatable bonds is 4. The largest absolute Gasteiger partial charge is 0.264 e. The Kier molecular flexibility index (Phi) is 5.69. The molecule has 0 radical (unpaired) electrons. The van der Waals surface area contributed by atoms with Crippen LogP contribution in [-0.2, 0) is 5.41 Å². The van der Waals surface area contributed by atoms with Crippen molar-refractivity contribution in [3.63, 3.8) is 0 Å². The van der Waals surface area contributed by atoms with E-state index < -0.39 is 5.41 Å². The number of fused-ring (bicyclic) bond motifs is 6. The van der Waals surface area contributed by atoms with Gasteiger partial charge in [0.2, 0.25) is 0 Å². The van der Waals surface area contributed by atoms with Gasteiger partial charge in [0.1, 0.15) is 0 Å². The fourth-order valence-electron chi connectivity index (χ4n) is 7.09. The minimum Gasteiger partial charge on any atom is -0.264 e. The van der Waals surface area contributed by atoms with E-state index in [1.165, 1.54) is 22.3 Å². The molecule has 0 aliphatic heterocycles. The number of pyridine rings is 4. The van der Waals surface area contributed by atoms with Gasteiger partial charge >= 0.3 is 0 Å². The van der Waals surface area contributed by atoms with E-state index >= 15 is 0 Å². The molecular formula is C41H26N4. The molecule has 0 spiro atoms. The van der Waals surface area contributed by atoms with E-state index in [0.717, 1.165) is 55.4 Å². The Morgan fingerprint density at radius 1 is 0.422 bits per heavy atom. The van der Waals surface area contributed by atoms with Crippen molar-refractivity contribution in [1.29, 1.82) is 0 Å². The van der Waals surface area contributed by atoms with E-state index in [4.69, 9.17) is 9.97 Å². The van der Waals surface area contributed by atoms with Gasteiger partial charge in [0.25, 0.3) is 0 Å². The summed E-state index contributed by atoms with van der Waals surface area (Å²) in [5.41, 5.74) is 12.3. The molecule has 0 amide bonds. The Labute approximate surface area is 260 Å². The average Bonchev–Trinajstić information content (AvgIpc) is 3.42. The van der Waals surface area contributed by atoms with E-state index in [-0.39, 0.29) is 0 Å². The van der Waals surface area contributed by atoms with Crippen LogP contribution >= 0.6 is 0 Å². The topological polar surface area (TPSA) is 51.6 Å². The van der Waals surface area contributed by atoms with Crippen LogP contribution < -0.4 is 0 Å². The summed E-state index contributed by atoms with van der Waals surface area (Å²) >= 11 is 0. The number of nitrogens with zero attached hydrogens (tertiary/aromatic N) is 4. The highest BCUT2D eigenvalue weighted by Gasteiger charge is 2.46. The highest BCUT2D eigenvalue weighted by atomic mass is 14.8. The molecule has 45 heavy (non-hydrogen) atoms. The van der Waals surface area contributed by atoms with Crippen molar-refractivity contribution in [2.75, 3.05) is 0 Å². The Morgan fingerprint density at radius 2 is 1.00 bits per heavy atom. The van der Waals surface area contributed by atoms with Crippen LogP contribution in [0.25, 0.3) is 55.4 Å². The lowest BCUT2D eigenvalue weighted by Gasteiger charge is -2.33. The van der Waals surface area contributed by atoms with Gasteiger partial charge in [0, 0.05) is 46.7 Å². The van der Waals surface area contributed by atoms with Crippen molar-refractivity contribution in [2.45, 2.75) is 5.41 Å². The molecule has 4 heteroatoms. The van der Waals surface area contributed by atoms with Gasteiger partial charge in [-0.25, -0.2) is 9.97 Å². The molecule has 4 aromatic carbocycles. The molecule has 0 unspecified atom stereocenters. The monoisotopic (exact) mass is 574 g/mol. The molecular weight excluding hydrogens is 548 g/mol. The Hall–Kier alpha value is -6.00. The van der Waals surface area contributed by atoms with Gasteiger partial charge < -0.3 is 0 Å². The van der Waals surface area contributed by atoms with Crippen molar-refractivity contribution in [1.82, 2.24) is 19.9 Å². The van der Waals surface area contributed by atoms with Crippen LogP contribution in [0.3, 0.4) is 0 Å². The summed E-state index contributed by atoms with van der Waals surface area (Å²) in [6.07, 6.45) is 7.64. The van der Waals surface area contributed by atoms with Crippen LogP contribution in [0.5, 0.6) is 0 Å². The zero-order valence-electron chi connectivity index (χ0n) is 24.3. The molecule has 0 N–H and O–H groups in total. The summed E-state index contributed by atoms with van der Waals surface area (Å²) in [5, 5.41) is 2.14. The minimum atomic E-state index is -0.569. The molecule has 0 atom stereocenters. The van der Waals surface area contributed by atoms with E-state index in [1.54, 1.807) is 0 Å². The second-order valence-corrected chi connectivity index (χ2v) is 11.5. The van der Waals surface area contributed by atoms with Gasteiger partial charge in [-0.05, 0) is 63.7 Å². The summed E-state index contributed by atoms with van der Waals surface area (Å²) in [4.78, 5) is 19.6. The second kappa shape index (κ2) is 10.0. The van der Waals surface area contributed by atoms with E-state index in [9.17, 15) is 0 Å². The van der Waals surface area contributed by atoms with E-state index in [1.807, 2.05) is 55.1 Å². The lowest BCUT2D eigenvalue weighted by Crippen LogP contribution is -2.29. The number of hydrogen-bond acceptors (Lipinski definition) is 4. The molecule has 1 aliphatic rings. The van der Waals surface area contributed by atoms with Gasteiger partial charge in [-0.15, -0.1) is 0 Å². The third-order valence-electron chi connectivity index (χ3n) is 9.12. The summed E-state index contributed by atoms with van der Waals surface area (Å²) in [6.45, 7) is 0. The zero-order chi connectivity index (χ0) is 29.8. The average molecular weight is 575 g/mol. The van der Waals surface area contributed by atoms with Crippen LogP contribution in [0.15, 0.2) is 158 Å². The molecule has 8 aromatic rings. The minimum absolute atomic E-state index is 0.569. The van der Waals surface area contributed by atoms with Crippen LogP contribution in [0.1, 0.15) is 22.3 Å². The zero-order valence-corrected chi connectivity index (χ0v) is 24.3. The maximum atomic E-state index is 5.29. The summed E-state index contributed by atoms with van der Waals surface area (Å²) in [6, 6.07) is 46.9. The molecule has 9 rings (SSSR count). The number of benzene rings is 4. The molecule has 4 nitrogen and oxygen atoms in total. The molecule has 0 fully saturated rings. The van der Waals surface area contributed by atoms with Crippen molar-refractivity contribution in [3.8, 4) is 33.6 Å². The van der Waals surface area contributed by atoms with Crippen LogP contribution in [0, 0.1) is 0 Å². The second-order valence-electron chi connectivity index (χ2n) is 11.5. The molecule has 1 aliphatic carbocycles. The van der Waals surface area contributed by atoms with Crippen molar-refractivity contribution in [2.24, 2.45) is 0 Å². The van der Waals surface area contributed by atoms with Crippen LogP contribution in [0.4, 0.5) is 0 Å². The molecule has 4 heterocycles. The fourth-order valence-corrected chi connectivity index (χ4v) is 7.09. The molecule has 0 bridgehead atoms. The normalized spacial score (nSPS) is 13.1. The van der Waals surface area contributed by atoms with Gasteiger partial charge in [0.05, 0.1) is 27.8 Å². The third kappa shape index (κ3) is 3.86. The number of hydrogen-bond donors (Lipinski definition) is 0. The highest BCUT2D eigenvalue weighted by Crippen LogP contribution is 2.56. The van der Waals surface area contributed by atoms with Gasteiger partial charge in [-0.1, -0.05) is 103 Å². The predicted molar refractivity (Wildman–Crippen MR) is 181 cm³/mol. The Bertz CT molecular complexity index is 2330. The van der Waals surface area contributed by atoms with Crippen molar-refractivity contribution >= 4 is 21.8 Å². The van der Waals surface area contributed by atoms with Gasteiger partial charge in [-0.3, -0.25) is 9.97 Å². The smallest absolute Gasteiger partial charge is 0.0972 e. The lowest BCUT2D eigenvalue weighted by atomic mass is 9.68. The van der Waals surface area contributed by atoms with Crippen LogP contribution in [0.2, 0.25) is 0 Å². The quantitative estimate of drug-likeness (QED) is 0.197. The maximum Gasteiger partial charge on any atom is 0.0972 e. The molecule has 210 valence electrons. The van der Waals surface area contributed by atoms with Crippen molar-refractivity contribution in [3.05, 3.63) is 181 Å². The Morgan fingerprint density at radius 3 is 1.64 bits per heavy atom. The molecule has 0 saturated heterocycles.